The number of rotatable bonds is 2. The average Bonchev–Trinajstić information content (AvgIpc) is 2.84. The molecule has 2 atom stereocenters. The fraction of sp³-hybridized carbons (Fsp3) is 0.545. The van der Waals surface area contributed by atoms with Gasteiger partial charge in [-0.2, -0.15) is 0 Å². The number of aryl methyl sites for hydroxylation is 1. The Morgan fingerprint density at radius 3 is 3.00 bits per heavy atom. The number of hydrogen-bond donors (Lipinski definition) is 1. The fourth-order valence-electron chi connectivity index (χ4n) is 2.12. The number of hydrogen-bond acceptors (Lipinski definition) is 4. The van der Waals surface area contributed by atoms with E-state index in [-0.39, 0.29) is 17.8 Å². The van der Waals surface area contributed by atoms with E-state index in [0.29, 0.717) is 0 Å². The third kappa shape index (κ3) is 1.92. The SMILES string of the molecule is COC(=O)[C@@H]1CNC[C@H]1c1sccc1C. The van der Waals surface area contributed by atoms with Crippen LogP contribution in [0.2, 0.25) is 0 Å². The highest BCUT2D eigenvalue weighted by Crippen LogP contribution is 2.34. The molecule has 0 saturated carbocycles. The summed E-state index contributed by atoms with van der Waals surface area (Å²) in [7, 11) is 1.46. The van der Waals surface area contributed by atoms with Crippen LogP contribution in [0.25, 0.3) is 0 Å². The second-order valence-electron chi connectivity index (χ2n) is 3.86. The minimum atomic E-state index is -0.0993. The predicted molar refractivity (Wildman–Crippen MR) is 60.2 cm³/mol. The van der Waals surface area contributed by atoms with Gasteiger partial charge in [-0.05, 0) is 23.9 Å². The normalized spacial score (nSPS) is 25.5. The highest BCUT2D eigenvalue weighted by molar-refractivity contribution is 7.10. The van der Waals surface area contributed by atoms with Gasteiger partial charge in [-0.1, -0.05) is 0 Å². The zero-order valence-electron chi connectivity index (χ0n) is 8.95. The van der Waals surface area contributed by atoms with Crippen LogP contribution in [0.15, 0.2) is 11.4 Å². The highest BCUT2D eigenvalue weighted by Gasteiger charge is 2.35. The molecule has 1 fully saturated rings. The minimum Gasteiger partial charge on any atom is -0.469 e. The Labute approximate surface area is 93.4 Å². The number of thiophene rings is 1. The van der Waals surface area contributed by atoms with Gasteiger partial charge in [-0.15, -0.1) is 11.3 Å². The van der Waals surface area contributed by atoms with Crippen molar-refractivity contribution in [2.24, 2.45) is 5.92 Å². The molecule has 0 unspecified atom stereocenters. The summed E-state index contributed by atoms with van der Waals surface area (Å²) >= 11 is 1.73. The van der Waals surface area contributed by atoms with Gasteiger partial charge in [-0.3, -0.25) is 4.79 Å². The molecule has 0 amide bonds. The van der Waals surface area contributed by atoms with E-state index < -0.39 is 0 Å². The molecule has 3 nitrogen and oxygen atoms in total. The molecule has 1 aromatic heterocycles. The van der Waals surface area contributed by atoms with Crippen molar-refractivity contribution in [1.82, 2.24) is 5.32 Å². The Balaban J connectivity index is 2.22. The summed E-state index contributed by atoms with van der Waals surface area (Å²) in [5.41, 5.74) is 1.28. The molecule has 1 aliphatic heterocycles. The largest absolute Gasteiger partial charge is 0.469 e. The van der Waals surface area contributed by atoms with Gasteiger partial charge >= 0.3 is 5.97 Å². The van der Waals surface area contributed by atoms with Gasteiger partial charge in [0.05, 0.1) is 13.0 Å². The monoisotopic (exact) mass is 225 g/mol. The molecular weight excluding hydrogens is 210 g/mol. The van der Waals surface area contributed by atoms with E-state index in [0.717, 1.165) is 13.1 Å². The van der Waals surface area contributed by atoms with Gasteiger partial charge in [0.15, 0.2) is 0 Å². The molecule has 1 N–H and O–H groups in total. The number of methoxy groups -OCH3 is 1. The lowest BCUT2D eigenvalue weighted by Crippen LogP contribution is -2.22. The van der Waals surface area contributed by atoms with E-state index in [1.807, 2.05) is 0 Å². The third-order valence-electron chi connectivity index (χ3n) is 2.96. The Morgan fingerprint density at radius 1 is 1.60 bits per heavy atom. The molecule has 2 heterocycles. The maximum Gasteiger partial charge on any atom is 0.310 e. The topological polar surface area (TPSA) is 38.3 Å². The van der Waals surface area contributed by atoms with Crippen LogP contribution in [-0.2, 0) is 9.53 Å². The Kier molecular flexibility index (Phi) is 3.07. The first kappa shape index (κ1) is 10.6. The molecule has 1 saturated heterocycles. The lowest BCUT2D eigenvalue weighted by atomic mass is 9.93. The summed E-state index contributed by atoms with van der Waals surface area (Å²) < 4.78 is 4.83. The van der Waals surface area contributed by atoms with Crippen molar-refractivity contribution in [1.29, 1.82) is 0 Å². The van der Waals surface area contributed by atoms with Crippen molar-refractivity contribution in [3.63, 3.8) is 0 Å². The summed E-state index contributed by atoms with van der Waals surface area (Å²) in [4.78, 5) is 12.9. The smallest absolute Gasteiger partial charge is 0.310 e. The second-order valence-corrected chi connectivity index (χ2v) is 4.81. The van der Waals surface area contributed by atoms with Gasteiger partial charge in [0, 0.05) is 23.9 Å². The maximum absolute atomic E-state index is 11.6. The first-order valence-electron chi connectivity index (χ1n) is 5.06. The van der Waals surface area contributed by atoms with Crippen LogP contribution in [0.3, 0.4) is 0 Å². The molecule has 15 heavy (non-hydrogen) atoms. The maximum atomic E-state index is 11.6. The predicted octanol–water partition coefficient (Wildman–Crippen LogP) is 1.53. The lowest BCUT2D eigenvalue weighted by molar-refractivity contribution is -0.145. The number of esters is 1. The molecule has 1 aromatic rings. The van der Waals surface area contributed by atoms with Crippen LogP contribution in [0.1, 0.15) is 16.4 Å². The molecule has 82 valence electrons. The highest BCUT2D eigenvalue weighted by atomic mass is 32.1. The van der Waals surface area contributed by atoms with E-state index in [1.165, 1.54) is 17.6 Å². The zero-order chi connectivity index (χ0) is 10.8. The summed E-state index contributed by atoms with van der Waals surface area (Å²) in [5, 5.41) is 5.34. The van der Waals surface area contributed by atoms with Crippen molar-refractivity contribution in [3.8, 4) is 0 Å². The van der Waals surface area contributed by atoms with E-state index in [1.54, 1.807) is 11.3 Å². The van der Waals surface area contributed by atoms with Gasteiger partial charge in [0.2, 0.25) is 0 Å². The minimum absolute atomic E-state index is 0.0210. The van der Waals surface area contributed by atoms with Crippen molar-refractivity contribution in [2.75, 3.05) is 20.2 Å². The van der Waals surface area contributed by atoms with Gasteiger partial charge in [0.25, 0.3) is 0 Å². The molecule has 2 rings (SSSR count). The summed E-state index contributed by atoms with van der Waals surface area (Å²) in [6, 6.07) is 2.10. The Morgan fingerprint density at radius 2 is 2.40 bits per heavy atom. The van der Waals surface area contributed by atoms with Crippen LogP contribution in [0.5, 0.6) is 0 Å². The second kappa shape index (κ2) is 4.33. The van der Waals surface area contributed by atoms with Crippen molar-refractivity contribution >= 4 is 17.3 Å². The van der Waals surface area contributed by atoms with Crippen LogP contribution < -0.4 is 5.32 Å². The van der Waals surface area contributed by atoms with Crippen LogP contribution in [0, 0.1) is 12.8 Å². The number of carbonyl (C=O) groups excluding carboxylic acids is 1. The van der Waals surface area contributed by atoms with E-state index in [4.69, 9.17) is 4.74 Å². The fourth-order valence-corrected chi connectivity index (χ4v) is 3.21. The first-order valence-corrected chi connectivity index (χ1v) is 5.94. The molecule has 4 heteroatoms. The van der Waals surface area contributed by atoms with Gasteiger partial charge < -0.3 is 10.1 Å². The van der Waals surface area contributed by atoms with E-state index >= 15 is 0 Å². The molecule has 0 radical (unpaired) electrons. The molecule has 1 aliphatic rings. The van der Waals surface area contributed by atoms with Crippen LogP contribution in [0.4, 0.5) is 0 Å². The van der Waals surface area contributed by atoms with Gasteiger partial charge in [0.1, 0.15) is 0 Å². The van der Waals surface area contributed by atoms with Gasteiger partial charge in [-0.25, -0.2) is 0 Å². The Bertz CT molecular complexity index is 361. The third-order valence-corrected chi connectivity index (χ3v) is 4.11. The van der Waals surface area contributed by atoms with Crippen LogP contribution >= 0.6 is 11.3 Å². The average molecular weight is 225 g/mol. The lowest BCUT2D eigenvalue weighted by Gasteiger charge is -2.15. The summed E-state index contributed by atoms with van der Waals surface area (Å²) in [5.74, 6) is 0.169. The quantitative estimate of drug-likeness (QED) is 0.776. The molecule has 0 aliphatic carbocycles. The molecule has 0 spiro atoms. The summed E-state index contributed by atoms with van der Waals surface area (Å²) in [6.45, 7) is 3.70. The zero-order valence-corrected chi connectivity index (χ0v) is 9.76. The molecular formula is C11H15NO2S. The molecule has 0 bridgehead atoms. The van der Waals surface area contributed by atoms with E-state index in [9.17, 15) is 4.79 Å². The Hall–Kier alpha value is -0.870. The van der Waals surface area contributed by atoms with Crippen LogP contribution in [-0.4, -0.2) is 26.2 Å². The number of nitrogens with one attached hydrogen (secondary N) is 1. The van der Waals surface area contributed by atoms with Crippen molar-refractivity contribution < 1.29 is 9.53 Å². The van der Waals surface area contributed by atoms with Crippen molar-refractivity contribution in [2.45, 2.75) is 12.8 Å². The van der Waals surface area contributed by atoms with Crippen molar-refractivity contribution in [3.05, 3.63) is 21.9 Å². The number of carbonyl (C=O) groups is 1. The standard InChI is InChI=1S/C11H15NO2S/c1-7-3-4-15-10(7)8-5-12-6-9(8)11(13)14-2/h3-4,8-9,12H,5-6H2,1-2H3/t8-,9-/m1/s1. The molecule has 0 aromatic carbocycles. The first-order chi connectivity index (χ1) is 7.24. The summed E-state index contributed by atoms with van der Waals surface area (Å²) in [6.07, 6.45) is 0. The number of ether oxygens (including phenoxy) is 1. The van der Waals surface area contributed by atoms with E-state index in [2.05, 4.69) is 23.7 Å².